The maximum absolute atomic E-state index is 12.4. The summed E-state index contributed by atoms with van der Waals surface area (Å²) < 4.78 is 29.3. The van der Waals surface area contributed by atoms with Gasteiger partial charge in [-0.2, -0.15) is 4.99 Å². The van der Waals surface area contributed by atoms with Crippen LogP contribution in [0.3, 0.4) is 0 Å². The van der Waals surface area contributed by atoms with Gasteiger partial charge in [0.2, 0.25) is 5.91 Å². The van der Waals surface area contributed by atoms with E-state index in [9.17, 15) is 18.0 Å². The molecule has 1 aromatic rings. The number of alkyl carbamates (subject to hydrolysis) is 1. The van der Waals surface area contributed by atoms with E-state index in [-0.39, 0.29) is 35.8 Å². The van der Waals surface area contributed by atoms with E-state index in [0.717, 1.165) is 0 Å². The van der Waals surface area contributed by atoms with E-state index in [2.05, 4.69) is 10.3 Å². The Kier molecular flexibility index (Phi) is 6.69. The molecular weight excluding hydrogens is 450 g/mol. The van der Waals surface area contributed by atoms with Crippen molar-refractivity contribution in [1.29, 1.82) is 0 Å². The number of amides is 2. The zero-order valence-corrected chi connectivity index (χ0v) is 19.3. The van der Waals surface area contributed by atoms with Gasteiger partial charge in [0, 0.05) is 18.2 Å². The van der Waals surface area contributed by atoms with Gasteiger partial charge in [-0.15, -0.1) is 0 Å². The van der Waals surface area contributed by atoms with Gasteiger partial charge in [0.05, 0.1) is 28.3 Å². The molecule has 0 spiro atoms. The van der Waals surface area contributed by atoms with Crippen LogP contribution in [0.15, 0.2) is 29.3 Å². The van der Waals surface area contributed by atoms with Crippen LogP contribution in [0.1, 0.15) is 27.2 Å². The first-order valence-corrected chi connectivity index (χ1v) is 12.5. The summed E-state index contributed by atoms with van der Waals surface area (Å²) in [6.07, 6.45) is -0.608. The molecule has 0 aliphatic carbocycles. The third kappa shape index (κ3) is 5.67. The molecule has 2 aliphatic heterocycles. The fraction of sp³-hybridized carbons (Fsp3) is 0.526. The van der Waals surface area contributed by atoms with Gasteiger partial charge in [0.25, 0.3) is 0 Å². The van der Waals surface area contributed by atoms with Crippen molar-refractivity contribution in [2.75, 3.05) is 23.0 Å². The van der Waals surface area contributed by atoms with Crippen molar-refractivity contribution in [3.8, 4) is 0 Å². The summed E-state index contributed by atoms with van der Waals surface area (Å²) in [7, 11) is -3.16. The Labute approximate surface area is 185 Å². The van der Waals surface area contributed by atoms with Gasteiger partial charge in [0.1, 0.15) is 5.60 Å². The summed E-state index contributed by atoms with van der Waals surface area (Å²) in [5.74, 6) is -0.395. The van der Waals surface area contributed by atoms with E-state index in [1.807, 2.05) is 0 Å². The van der Waals surface area contributed by atoms with Crippen LogP contribution in [0.25, 0.3) is 0 Å². The fourth-order valence-electron chi connectivity index (χ4n) is 3.24. The molecule has 2 amide bonds. The summed E-state index contributed by atoms with van der Waals surface area (Å²) in [5.41, 5.74) is -0.00255. The number of para-hydroxylation sites is 1. The molecule has 0 bridgehead atoms. The molecule has 2 fully saturated rings. The summed E-state index contributed by atoms with van der Waals surface area (Å²) in [4.78, 5) is 30.0. The second-order valence-corrected chi connectivity index (χ2v) is 11.9. The van der Waals surface area contributed by atoms with Gasteiger partial charge in [-0.05, 0) is 32.9 Å². The maximum atomic E-state index is 12.4. The van der Waals surface area contributed by atoms with Gasteiger partial charge >= 0.3 is 6.09 Å². The Hall–Kier alpha value is -1.78. The molecule has 1 aromatic carbocycles. The summed E-state index contributed by atoms with van der Waals surface area (Å²) in [6, 6.07) is 6.74. The smallest absolute Gasteiger partial charge is 0.407 e. The second kappa shape index (κ2) is 8.76. The lowest BCUT2D eigenvalue weighted by Crippen LogP contribution is -2.38. The lowest BCUT2D eigenvalue weighted by Gasteiger charge is -2.25. The van der Waals surface area contributed by atoms with E-state index in [0.29, 0.717) is 15.9 Å². The first kappa shape index (κ1) is 22.9. The number of fused-ring (bicyclic) bond motifs is 1. The number of aliphatic imine (C=N–C) groups is 1. The minimum absolute atomic E-state index is 0.00665. The maximum Gasteiger partial charge on any atom is 0.407 e. The molecule has 0 aromatic heterocycles. The Balaban J connectivity index is 1.72. The minimum Gasteiger partial charge on any atom is -0.444 e. The Morgan fingerprint density at radius 1 is 1.30 bits per heavy atom. The first-order chi connectivity index (χ1) is 14.0. The summed E-state index contributed by atoms with van der Waals surface area (Å²) >= 11 is 7.61. The van der Waals surface area contributed by atoms with Crippen LogP contribution in [-0.4, -0.2) is 60.5 Å². The number of carbonyl (C=O) groups excluding carboxylic acids is 2. The number of halogens is 1. The molecule has 3 rings (SSSR count). The van der Waals surface area contributed by atoms with Gasteiger partial charge in [-0.3, -0.25) is 4.79 Å². The Morgan fingerprint density at radius 2 is 2.00 bits per heavy atom. The number of benzene rings is 1. The summed E-state index contributed by atoms with van der Waals surface area (Å²) in [6.45, 7) is 5.34. The van der Waals surface area contributed by atoms with E-state index in [1.54, 1.807) is 49.9 Å². The molecule has 0 saturated carbocycles. The number of anilines is 1. The molecule has 0 radical (unpaired) electrons. The molecular formula is C19H24ClN3O5S2. The monoisotopic (exact) mass is 473 g/mol. The number of hydrogen-bond acceptors (Lipinski definition) is 6. The van der Waals surface area contributed by atoms with Crippen molar-refractivity contribution >= 4 is 56.1 Å². The molecule has 164 valence electrons. The highest BCUT2D eigenvalue weighted by Gasteiger charge is 2.49. The number of amidine groups is 1. The molecule has 2 atom stereocenters. The van der Waals surface area contributed by atoms with Crippen LogP contribution in [-0.2, 0) is 19.4 Å². The van der Waals surface area contributed by atoms with Crippen LogP contribution >= 0.6 is 23.4 Å². The van der Waals surface area contributed by atoms with E-state index >= 15 is 0 Å². The third-order valence-electron chi connectivity index (χ3n) is 4.41. The third-order valence-corrected chi connectivity index (χ3v) is 7.94. The molecule has 2 saturated heterocycles. The number of thioether (sulfide) groups is 1. The number of nitrogens with one attached hydrogen (secondary N) is 1. The molecule has 2 aliphatic rings. The summed E-state index contributed by atoms with van der Waals surface area (Å²) in [5, 5.41) is 3.19. The van der Waals surface area contributed by atoms with Crippen molar-refractivity contribution in [2.24, 2.45) is 4.99 Å². The molecule has 2 heterocycles. The van der Waals surface area contributed by atoms with E-state index in [1.165, 1.54) is 11.8 Å². The van der Waals surface area contributed by atoms with E-state index in [4.69, 9.17) is 16.3 Å². The van der Waals surface area contributed by atoms with Crippen molar-refractivity contribution < 1.29 is 22.7 Å². The highest BCUT2D eigenvalue weighted by atomic mass is 35.5. The number of ether oxygens (including phenoxy) is 1. The highest BCUT2D eigenvalue weighted by molar-refractivity contribution is 8.16. The number of hydrogen-bond donors (Lipinski definition) is 1. The number of carbonyl (C=O) groups is 2. The van der Waals surface area contributed by atoms with Crippen molar-refractivity contribution in [3.63, 3.8) is 0 Å². The minimum atomic E-state index is -3.16. The molecule has 8 nitrogen and oxygen atoms in total. The SMILES string of the molecule is CC(C)(C)OC(=O)NCCC(=O)N=C1SC2CS(=O)(=O)CC2N1c1ccccc1Cl. The zero-order chi connectivity index (χ0) is 22.1. The number of nitrogens with zero attached hydrogens (tertiary/aromatic N) is 2. The standard InChI is InChI=1S/C19H24ClN3O5S2/c1-19(2,3)28-18(25)21-9-8-16(24)22-17-23(13-7-5-4-6-12(13)20)14-10-30(26,27)11-15(14)29-17/h4-7,14-15H,8-11H2,1-3H3,(H,21,25). The first-order valence-electron chi connectivity index (χ1n) is 9.44. The Bertz CT molecular complexity index is 975. The highest BCUT2D eigenvalue weighted by Crippen LogP contribution is 2.42. The van der Waals surface area contributed by atoms with Gasteiger partial charge in [-0.25, -0.2) is 13.2 Å². The lowest BCUT2D eigenvalue weighted by molar-refractivity contribution is -0.117. The topological polar surface area (TPSA) is 105 Å². The normalized spacial score (nSPS) is 24.0. The number of rotatable bonds is 4. The van der Waals surface area contributed by atoms with Crippen LogP contribution in [0.4, 0.5) is 10.5 Å². The van der Waals surface area contributed by atoms with Crippen LogP contribution in [0.5, 0.6) is 0 Å². The van der Waals surface area contributed by atoms with E-state index < -0.39 is 27.4 Å². The predicted octanol–water partition coefficient (Wildman–Crippen LogP) is 2.86. The van der Waals surface area contributed by atoms with Gasteiger partial charge < -0.3 is 15.0 Å². The molecule has 11 heteroatoms. The fourth-order valence-corrected chi connectivity index (χ4v) is 7.39. The number of sulfone groups is 1. The molecule has 30 heavy (non-hydrogen) atoms. The van der Waals surface area contributed by atoms with Crippen molar-refractivity contribution in [1.82, 2.24) is 5.32 Å². The lowest BCUT2D eigenvalue weighted by atomic mass is 10.2. The van der Waals surface area contributed by atoms with Crippen molar-refractivity contribution in [3.05, 3.63) is 29.3 Å². The zero-order valence-electron chi connectivity index (χ0n) is 16.9. The van der Waals surface area contributed by atoms with Crippen LogP contribution in [0, 0.1) is 0 Å². The van der Waals surface area contributed by atoms with Gasteiger partial charge in [0.15, 0.2) is 15.0 Å². The van der Waals surface area contributed by atoms with Crippen LogP contribution < -0.4 is 10.2 Å². The average Bonchev–Trinajstić information content (AvgIpc) is 3.05. The quantitative estimate of drug-likeness (QED) is 0.716. The van der Waals surface area contributed by atoms with Crippen LogP contribution in [0.2, 0.25) is 5.02 Å². The average molecular weight is 474 g/mol. The molecule has 2 unspecified atom stereocenters. The predicted molar refractivity (Wildman–Crippen MR) is 119 cm³/mol. The largest absolute Gasteiger partial charge is 0.444 e. The van der Waals surface area contributed by atoms with Gasteiger partial charge in [-0.1, -0.05) is 35.5 Å². The van der Waals surface area contributed by atoms with Crippen molar-refractivity contribution in [2.45, 2.75) is 44.1 Å². The molecule has 1 N–H and O–H groups in total. The second-order valence-electron chi connectivity index (χ2n) is 8.09. The Morgan fingerprint density at radius 3 is 2.67 bits per heavy atom.